The van der Waals surface area contributed by atoms with E-state index in [1.165, 1.54) is 6.07 Å². The van der Waals surface area contributed by atoms with Gasteiger partial charge < -0.3 is 14.9 Å². The van der Waals surface area contributed by atoms with Crippen molar-refractivity contribution in [2.45, 2.75) is 44.9 Å². The molecule has 0 aromatic heterocycles. The minimum absolute atomic E-state index is 0.0116. The molecule has 2 aliphatic rings. The maximum atomic E-state index is 13.3. The van der Waals surface area contributed by atoms with Crippen LogP contribution >= 0.6 is 0 Å². The molecule has 32 heavy (non-hydrogen) atoms. The quantitative estimate of drug-likeness (QED) is 0.754. The van der Waals surface area contributed by atoms with Crippen LogP contribution in [-0.2, 0) is 11.3 Å². The summed E-state index contributed by atoms with van der Waals surface area (Å²) in [5.74, 6) is -1.14. The molecule has 2 aromatic rings. The lowest BCUT2D eigenvalue weighted by atomic mass is 9.94. The summed E-state index contributed by atoms with van der Waals surface area (Å²) in [5.41, 5.74) is 0.774. The zero-order valence-corrected chi connectivity index (χ0v) is 18.5. The van der Waals surface area contributed by atoms with E-state index < -0.39 is 11.6 Å². The predicted octanol–water partition coefficient (Wildman–Crippen LogP) is 2.97. The number of hydrogen-bond acceptors (Lipinski definition) is 4. The largest absolute Gasteiger partial charge is 0.478 e. The molecule has 2 saturated heterocycles. The molecule has 7 nitrogen and oxygen atoms in total. The first-order valence-corrected chi connectivity index (χ1v) is 11.1. The van der Waals surface area contributed by atoms with E-state index in [1.807, 2.05) is 49.1 Å². The average molecular weight is 436 g/mol. The smallest absolute Gasteiger partial charge is 0.336 e. The Morgan fingerprint density at radius 1 is 1.03 bits per heavy atom. The number of carbonyl (C=O) groups is 3. The van der Waals surface area contributed by atoms with E-state index in [0.29, 0.717) is 32.5 Å². The second-order valence-electron chi connectivity index (χ2n) is 8.95. The van der Waals surface area contributed by atoms with Crippen LogP contribution < -0.4 is 5.32 Å². The molecule has 2 aromatic carbocycles. The summed E-state index contributed by atoms with van der Waals surface area (Å²) in [6, 6.07) is 16.0. The van der Waals surface area contributed by atoms with E-state index in [9.17, 15) is 19.5 Å². The topological polar surface area (TPSA) is 89.9 Å². The molecule has 7 heteroatoms. The van der Waals surface area contributed by atoms with Gasteiger partial charge in [0, 0.05) is 32.5 Å². The number of carboxylic acids is 1. The highest BCUT2D eigenvalue weighted by molar-refractivity contribution is 6.04. The molecule has 0 bridgehead atoms. The number of benzene rings is 2. The van der Waals surface area contributed by atoms with Gasteiger partial charge in [0.05, 0.1) is 22.8 Å². The van der Waals surface area contributed by atoms with Gasteiger partial charge in [0.1, 0.15) is 0 Å². The van der Waals surface area contributed by atoms with E-state index in [4.69, 9.17) is 0 Å². The number of piperidine rings is 1. The molecule has 168 valence electrons. The monoisotopic (exact) mass is 435 g/mol. The van der Waals surface area contributed by atoms with Gasteiger partial charge in [-0.05, 0) is 23.6 Å². The number of carboxylic acid groups (broad SMARTS) is 1. The van der Waals surface area contributed by atoms with Crippen LogP contribution in [0, 0.1) is 5.92 Å². The first-order chi connectivity index (χ1) is 15.3. The molecular weight excluding hydrogens is 406 g/mol. The third kappa shape index (κ3) is 4.00. The molecule has 2 aliphatic heterocycles. The molecule has 0 aliphatic carbocycles. The molecule has 1 atom stereocenters. The maximum Gasteiger partial charge on any atom is 0.336 e. The number of rotatable bonds is 5. The van der Waals surface area contributed by atoms with E-state index >= 15 is 0 Å². The SMILES string of the molecule is CC(C)C1NC2(CCN(C(=O)c3ccccc3C(=O)O)CC2)N(Cc2ccccc2)C1=O. The van der Waals surface area contributed by atoms with E-state index in [-0.39, 0.29) is 34.9 Å². The summed E-state index contributed by atoms with van der Waals surface area (Å²) < 4.78 is 0. The number of likely N-dealkylation sites (tertiary alicyclic amines) is 1. The van der Waals surface area contributed by atoms with Crippen molar-refractivity contribution in [3.8, 4) is 0 Å². The fourth-order valence-corrected chi connectivity index (χ4v) is 4.78. The lowest BCUT2D eigenvalue weighted by Crippen LogP contribution is -2.59. The van der Waals surface area contributed by atoms with Crippen LogP contribution in [0.3, 0.4) is 0 Å². The molecular formula is C25H29N3O4. The van der Waals surface area contributed by atoms with Crippen molar-refractivity contribution in [2.75, 3.05) is 13.1 Å². The third-order valence-electron chi connectivity index (χ3n) is 6.59. The summed E-state index contributed by atoms with van der Waals surface area (Å²) in [5, 5.41) is 13.0. The minimum atomic E-state index is -1.11. The van der Waals surface area contributed by atoms with Gasteiger partial charge in [-0.2, -0.15) is 0 Å². The van der Waals surface area contributed by atoms with Gasteiger partial charge >= 0.3 is 5.97 Å². The fourth-order valence-electron chi connectivity index (χ4n) is 4.78. The Balaban J connectivity index is 1.55. The molecule has 0 saturated carbocycles. The van der Waals surface area contributed by atoms with Crippen molar-refractivity contribution in [1.82, 2.24) is 15.1 Å². The van der Waals surface area contributed by atoms with Crippen molar-refractivity contribution in [3.63, 3.8) is 0 Å². The highest BCUT2D eigenvalue weighted by Gasteiger charge is 2.52. The summed E-state index contributed by atoms with van der Waals surface area (Å²) >= 11 is 0. The van der Waals surface area contributed by atoms with Crippen LogP contribution in [0.25, 0.3) is 0 Å². The zero-order valence-electron chi connectivity index (χ0n) is 18.5. The van der Waals surface area contributed by atoms with E-state index in [1.54, 1.807) is 23.1 Å². The molecule has 0 radical (unpaired) electrons. The number of nitrogens with one attached hydrogen (secondary N) is 1. The molecule has 2 heterocycles. The van der Waals surface area contributed by atoms with Gasteiger partial charge in [-0.1, -0.05) is 56.3 Å². The van der Waals surface area contributed by atoms with Crippen LogP contribution in [0.1, 0.15) is 53.0 Å². The highest BCUT2D eigenvalue weighted by atomic mass is 16.4. The Bertz CT molecular complexity index is 1010. The number of amides is 2. The lowest BCUT2D eigenvalue weighted by molar-refractivity contribution is -0.134. The molecule has 2 amide bonds. The maximum absolute atomic E-state index is 13.3. The Hall–Kier alpha value is -3.19. The minimum Gasteiger partial charge on any atom is -0.478 e. The Morgan fingerprint density at radius 2 is 1.62 bits per heavy atom. The Kier molecular flexibility index (Phi) is 6.02. The van der Waals surface area contributed by atoms with Crippen LogP contribution in [0.4, 0.5) is 0 Å². The Labute approximate surface area is 188 Å². The van der Waals surface area contributed by atoms with Crippen molar-refractivity contribution in [2.24, 2.45) is 5.92 Å². The van der Waals surface area contributed by atoms with Crippen molar-refractivity contribution in [3.05, 3.63) is 71.3 Å². The van der Waals surface area contributed by atoms with Gasteiger partial charge in [-0.15, -0.1) is 0 Å². The molecule has 1 spiro atoms. The first kappa shape index (κ1) is 22.0. The normalized spacial score (nSPS) is 20.2. The standard InChI is InChI=1S/C25H29N3O4/c1-17(2)21-23(30)28(16-18-8-4-3-5-9-18)25(26-21)12-14-27(15-13-25)22(29)19-10-6-7-11-20(19)24(31)32/h3-11,17,21,26H,12-16H2,1-2H3,(H,31,32). The van der Waals surface area contributed by atoms with Crippen LogP contribution in [-0.4, -0.2) is 57.5 Å². The van der Waals surface area contributed by atoms with Crippen LogP contribution in [0.5, 0.6) is 0 Å². The number of carbonyl (C=O) groups excluding carboxylic acids is 2. The summed E-state index contributed by atoms with van der Waals surface area (Å²) in [6.07, 6.45) is 1.19. The summed E-state index contributed by atoms with van der Waals surface area (Å²) in [6.45, 7) is 5.49. The predicted molar refractivity (Wildman–Crippen MR) is 120 cm³/mol. The molecule has 2 fully saturated rings. The van der Waals surface area contributed by atoms with Gasteiger partial charge in [-0.25, -0.2) is 4.79 Å². The molecule has 1 unspecified atom stereocenters. The fraction of sp³-hybridized carbons (Fsp3) is 0.400. The average Bonchev–Trinajstić information content (AvgIpc) is 3.06. The second-order valence-corrected chi connectivity index (χ2v) is 8.95. The summed E-state index contributed by atoms with van der Waals surface area (Å²) in [7, 11) is 0. The van der Waals surface area contributed by atoms with Gasteiger partial charge in [0.2, 0.25) is 5.91 Å². The zero-order chi connectivity index (χ0) is 22.9. The van der Waals surface area contributed by atoms with Crippen LogP contribution in [0.15, 0.2) is 54.6 Å². The Morgan fingerprint density at radius 3 is 2.22 bits per heavy atom. The van der Waals surface area contributed by atoms with E-state index in [0.717, 1.165) is 5.56 Å². The van der Waals surface area contributed by atoms with Gasteiger partial charge in [-0.3, -0.25) is 14.9 Å². The lowest BCUT2D eigenvalue weighted by Gasteiger charge is -2.45. The van der Waals surface area contributed by atoms with E-state index in [2.05, 4.69) is 5.32 Å². The highest BCUT2D eigenvalue weighted by Crippen LogP contribution is 2.36. The number of aromatic carboxylic acids is 1. The van der Waals surface area contributed by atoms with Crippen molar-refractivity contribution >= 4 is 17.8 Å². The van der Waals surface area contributed by atoms with Crippen molar-refractivity contribution in [1.29, 1.82) is 0 Å². The second kappa shape index (κ2) is 8.74. The third-order valence-corrected chi connectivity index (χ3v) is 6.59. The summed E-state index contributed by atoms with van der Waals surface area (Å²) in [4.78, 5) is 41.6. The van der Waals surface area contributed by atoms with Crippen molar-refractivity contribution < 1.29 is 19.5 Å². The molecule has 4 rings (SSSR count). The number of nitrogens with zero attached hydrogens (tertiary/aromatic N) is 2. The van der Waals surface area contributed by atoms with Gasteiger partial charge in [0.15, 0.2) is 0 Å². The first-order valence-electron chi connectivity index (χ1n) is 11.1. The van der Waals surface area contributed by atoms with Crippen LogP contribution in [0.2, 0.25) is 0 Å². The van der Waals surface area contributed by atoms with Gasteiger partial charge in [0.25, 0.3) is 5.91 Å². The number of hydrogen-bond donors (Lipinski definition) is 2. The molecule has 2 N–H and O–H groups in total.